The van der Waals surface area contributed by atoms with Crippen LogP contribution < -0.4 is 5.32 Å². The van der Waals surface area contributed by atoms with Crippen LogP contribution >= 0.6 is 15.9 Å². The topological polar surface area (TPSA) is 55.4 Å². The molecule has 5 heteroatoms. The van der Waals surface area contributed by atoms with E-state index in [1.807, 2.05) is 61.5 Å². The maximum atomic E-state index is 12.8. The van der Waals surface area contributed by atoms with Gasteiger partial charge in [0.2, 0.25) is 0 Å². The second-order valence-electron chi connectivity index (χ2n) is 6.69. The van der Waals surface area contributed by atoms with E-state index in [1.165, 1.54) is 0 Å². The molecule has 1 aliphatic heterocycles. The third-order valence-electron chi connectivity index (χ3n) is 5.02. The standard InChI is InChI=1S/C21H22BrNO3/c1-15(16-8-10-18(22)11-9-16)19-20(25)26-21(14-23-19,12-5-13-24)17-6-3-2-4-7-17/h2-4,6-11,13,15,19,23H,5,12,14H2,1H3/t15-,19+,21?/m0/s1. The zero-order chi connectivity index (χ0) is 18.6. The van der Waals surface area contributed by atoms with E-state index in [2.05, 4.69) is 21.2 Å². The van der Waals surface area contributed by atoms with Crippen molar-refractivity contribution in [3.05, 3.63) is 70.2 Å². The molecule has 3 rings (SSSR count). The molecular formula is C21H22BrNO3. The third kappa shape index (κ3) is 3.89. The lowest BCUT2D eigenvalue weighted by Gasteiger charge is -2.42. The fourth-order valence-electron chi connectivity index (χ4n) is 3.47. The van der Waals surface area contributed by atoms with Crippen LogP contribution in [0.5, 0.6) is 0 Å². The van der Waals surface area contributed by atoms with Gasteiger partial charge in [-0.15, -0.1) is 0 Å². The molecule has 0 amide bonds. The van der Waals surface area contributed by atoms with Crippen molar-refractivity contribution in [3.63, 3.8) is 0 Å². The molecule has 26 heavy (non-hydrogen) atoms. The second kappa shape index (κ2) is 8.14. The van der Waals surface area contributed by atoms with E-state index in [1.54, 1.807) is 0 Å². The van der Waals surface area contributed by atoms with E-state index >= 15 is 0 Å². The molecule has 3 atom stereocenters. The normalized spacial score (nSPS) is 23.9. The zero-order valence-corrected chi connectivity index (χ0v) is 16.2. The average Bonchev–Trinajstić information content (AvgIpc) is 2.67. The number of carbonyl (C=O) groups excluding carboxylic acids is 2. The number of ether oxygens (including phenoxy) is 1. The summed E-state index contributed by atoms with van der Waals surface area (Å²) in [6.07, 6.45) is 1.69. The fraction of sp³-hybridized carbons (Fsp3) is 0.333. The van der Waals surface area contributed by atoms with E-state index in [0.29, 0.717) is 19.4 Å². The molecule has 1 aliphatic rings. The number of morpholine rings is 1. The largest absolute Gasteiger partial charge is 0.452 e. The Morgan fingerprint density at radius 1 is 1.23 bits per heavy atom. The number of aldehydes is 1. The number of hydrogen-bond donors (Lipinski definition) is 1. The van der Waals surface area contributed by atoms with Crippen molar-refractivity contribution in [2.75, 3.05) is 6.54 Å². The Kier molecular flexibility index (Phi) is 5.89. The van der Waals surface area contributed by atoms with Gasteiger partial charge in [-0.3, -0.25) is 10.1 Å². The summed E-state index contributed by atoms with van der Waals surface area (Å²) in [7, 11) is 0. The van der Waals surface area contributed by atoms with Crippen molar-refractivity contribution in [2.24, 2.45) is 0 Å². The molecule has 0 spiro atoms. The minimum atomic E-state index is -0.796. The Morgan fingerprint density at radius 2 is 1.92 bits per heavy atom. The van der Waals surface area contributed by atoms with Gasteiger partial charge in [-0.05, 0) is 29.7 Å². The molecule has 0 radical (unpaired) electrons. The van der Waals surface area contributed by atoms with Crippen LogP contribution in [0.2, 0.25) is 0 Å². The fourth-order valence-corrected chi connectivity index (χ4v) is 3.73. The number of cyclic esters (lactones) is 1. The predicted molar refractivity (Wildman–Crippen MR) is 104 cm³/mol. The number of esters is 1. The van der Waals surface area contributed by atoms with Crippen LogP contribution in [0.4, 0.5) is 0 Å². The summed E-state index contributed by atoms with van der Waals surface area (Å²) in [5, 5.41) is 3.38. The highest BCUT2D eigenvalue weighted by molar-refractivity contribution is 9.10. The Hall–Kier alpha value is -1.98. The van der Waals surface area contributed by atoms with Crippen LogP contribution in [0.1, 0.15) is 36.8 Å². The summed E-state index contributed by atoms with van der Waals surface area (Å²) < 4.78 is 6.98. The lowest BCUT2D eigenvalue weighted by Crippen LogP contribution is -2.57. The van der Waals surface area contributed by atoms with E-state index in [-0.39, 0.29) is 11.9 Å². The molecule has 0 aliphatic carbocycles. The maximum Gasteiger partial charge on any atom is 0.324 e. The van der Waals surface area contributed by atoms with Gasteiger partial charge in [0.1, 0.15) is 17.9 Å². The molecule has 1 heterocycles. The molecule has 2 aromatic rings. The van der Waals surface area contributed by atoms with Crippen LogP contribution in [0.3, 0.4) is 0 Å². The zero-order valence-electron chi connectivity index (χ0n) is 14.7. The number of carbonyl (C=O) groups is 2. The van der Waals surface area contributed by atoms with Crippen LogP contribution in [0.15, 0.2) is 59.1 Å². The SMILES string of the molecule is C[C@@H](c1ccc(Br)cc1)[C@H]1NCC(CCC=O)(c2ccccc2)OC1=O. The molecule has 136 valence electrons. The highest BCUT2D eigenvalue weighted by Gasteiger charge is 2.44. The average molecular weight is 416 g/mol. The molecule has 1 N–H and O–H groups in total. The molecule has 1 saturated heterocycles. The van der Waals surface area contributed by atoms with Gasteiger partial charge in [0.05, 0.1) is 0 Å². The van der Waals surface area contributed by atoms with Gasteiger partial charge in [-0.25, -0.2) is 0 Å². The first-order chi connectivity index (χ1) is 12.6. The first kappa shape index (κ1) is 18.8. The van der Waals surface area contributed by atoms with Crippen LogP contribution in [0, 0.1) is 0 Å². The summed E-state index contributed by atoms with van der Waals surface area (Å²) in [6.45, 7) is 2.51. The number of benzene rings is 2. The molecule has 0 saturated carbocycles. The second-order valence-corrected chi connectivity index (χ2v) is 7.60. The summed E-state index contributed by atoms with van der Waals surface area (Å²) in [5.74, 6) is -0.295. The molecular weight excluding hydrogens is 394 g/mol. The Balaban J connectivity index is 1.81. The van der Waals surface area contributed by atoms with Gasteiger partial charge in [-0.1, -0.05) is 65.3 Å². The lowest BCUT2D eigenvalue weighted by atomic mass is 9.85. The Morgan fingerprint density at radius 3 is 2.54 bits per heavy atom. The molecule has 2 aromatic carbocycles. The van der Waals surface area contributed by atoms with Crippen LogP contribution in [-0.2, 0) is 19.9 Å². The third-order valence-corrected chi connectivity index (χ3v) is 5.55. The van der Waals surface area contributed by atoms with Gasteiger partial charge >= 0.3 is 5.97 Å². The Labute approximate surface area is 162 Å². The smallest absolute Gasteiger partial charge is 0.324 e. The first-order valence-electron chi connectivity index (χ1n) is 8.76. The molecule has 4 nitrogen and oxygen atoms in total. The van der Waals surface area contributed by atoms with Gasteiger partial charge in [0.15, 0.2) is 0 Å². The van der Waals surface area contributed by atoms with Crippen LogP contribution in [-0.4, -0.2) is 24.8 Å². The number of halogens is 1. The van der Waals surface area contributed by atoms with Crippen LogP contribution in [0.25, 0.3) is 0 Å². The van der Waals surface area contributed by atoms with Gasteiger partial charge in [-0.2, -0.15) is 0 Å². The quantitative estimate of drug-likeness (QED) is 0.573. The van der Waals surface area contributed by atoms with Crippen molar-refractivity contribution < 1.29 is 14.3 Å². The number of rotatable bonds is 6. The van der Waals surface area contributed by atoms with Crippen molar-refractivity contribution >= 4 is 28.2 Å². The summed E-state index contributed by atoms with van der Waals surface area (Å²) in [4.78, 5) is 23.8. The molecule has 1 fully saturated rings. The van der Waals surface area contributed by atoms with E-state index in [9.17, 15) is 9.59 Å². The van der Waals surface area contributed by atoms with Gasteiger partial charge in [0.25, 0.3) is 0 Å². The first-order valence-corrected chi connectivity index (χ1v) is 9.56. The summed E-state index contributed by atoms with van der Waals surface area (Å²) in [6, 6.07) is 17.2. The van der Waals surface area contributed by atoms with E-state index < -0.39 is 11.6 Å². The van der Waals surface area contributed by atoms with E-state index in [4.69, 9.17) is 4.74 Å². The monoisotopic (exact) mass is 415 g/mol. The summed E-state index contributed by atoms with van der Waals surface area (Å²) >= 11 is 3.43. The molecule has 0 bridgehead atoms. The Bertz CT molecular complexity index is 763. The van der Waals surface area contributed by atoms with E-state index in [0.717, 1.165) is 21.9 Å². The highest BCUT2D eigenvalue weighted by atomic mass is 79.9. The predicted octanol–water partition coefficient (Wildman–Crippen LogP) is 3.94. The van der Waals surface area contributed by atoms with Crippen molar-refractivity contribution in [1.82, 2.24) is 5.32 Å². The minimum absolute atomic E-state index is 0.0181. The molecule has 0 aromatic heterocycles. The van der Waals surface area contributed by atoms with Gasteiger partial charge in [0, 0.05) is 23.4 Å². The maximum absolute atomic E-state index is 12.8. The number of nitrogens with one attached hydrogen (secondary N) is 1. The lowest BCUT2D eigenvalue weighted by molar-refractivity contribution is -0.173. The number of hydrogen-bond acceptors (Lipinski definition) is 4. The summed E-state index contributed by atoms with van der Waals surface area (Å²) in [5.41, 5.74) is 1.19. The van der Waals surface area contributed by atoms with Crippen molar-refractivity contribution in [3.8, 4) is 0 Å². The van der Waals surface area contributed by atoms with Gasteiger partial charge < -0.3 is 9.53 Å². The van der Waals surface area contributed by atoms with Crippen molar-refractivity contribution in [1.29, 1.82) is 0 Å². The molecule has 1 unspecified atom stereocenters. The van der Waals surface area contributed by atoms with Crippen molar-refractivity contribution in [2.45, 2.75) is 37.3 Å². The highest BCUT2D eigenvalue weighted by Crippen LogP contribution is 2.35. The minimum Gasteiger partial charge on any atom is -0.452 e.